The fraction of sp³-hybridized carbons (Fsp3) is 0.375. The maximum absolute atomic E-state index is 12.6. The van der Waals surface area contributed by atoms with Gasteiger partial charge < -0.3 is 10.2 Å². The Balaban J connectivity index is 1.72. The highest BCUT2D eigenvalue weighted by Crippen LogP contribution is 2.23. The largest absolute Gasteiger partial charge is 0.323 e. The first kappa shape index (κ1) is 18.1. The summed E-state index contributed by atoms with van der Waals surface area (Å²) in [6.45, 7) is 3.16. The van der Waals surface area contributed by atoms with Crippen molar-refractivity contribution in [2.24, 2.45) is 0 Å². The molecule has 1 aliphatic heterocycles. The van der Waals surface area contributed by atoms with Crippen molar-refractivity contribution in [3.8, 4) is 0 Å². The number of nitrogens with zero attached hydrogens (tertiary/aromatic N) is 3. The van der Waals surface area contributed by atoms with Crippen molar-refractivity contribution in [2.45, 2.75) is 17.7 Å². The predicted molar refractivity (Wildman–Crippen MR) is 97.6 cm³/mol. The van der Waals surface area contributed by atoms with Gasteiger partial charge >= 0.3 is 0 Å². The van der Waals surface area contributed by atoms with Crippen LogP contribution in [0.4, 0.5) is 11.6 Å². The van der Waals surface area contributed by atoms with Crippen LogP contribution >= 0.6 is 11.6 Å². The lowest BCUT2D eigenvalue weighted by Crippen LogP contribution is -2.33. The third-order valence-corrected chi connectivity index (χ3v) is 5.69. The first-order chi connectivity index (χ1) is 12.0. The third kappa shape index (κ3) is 4.88. The van der Waals surface area contributed by atoms with E-state index in [1.807, 2.05) is 0 Å². The minimum atomic E-state index is -3.64. The van der Waals surface area contributed by atoms with Crippen LogP contribution < -0.4 is 10.0 Å². The Morgan fingerprint density at radius 2 is 1.92 bits per heavy atom. The van der Waals surface area contributed by atoms with Gasteiger partial charge in [-0.05, 0) is 44.1 Å². The predicted octanol–water partition coefficient (Wildman–Crippen LogP) is 2.25. The number of para-hydroxylation sites is 1. The van der Waals surface area contributed by atoms with Gasteiger partial charge in [0.1, 0.15) is 10.0 Å². The summed E-state index contributed by atoms with van der Waals surface area (Å²) >= 11 is 5.85. The third-order valence-electron chi connectivity index (χ3n) is 3.96. The van der Waals surface area contributed by atoms with Crippen molar-refractivity contribution in [2.75, 3.05) is 31.5 Å². The Labute approximate surface area is 152 Å². The van der Waals surface area contributed by atoms with Crippen LogP contribution in [0.2, 0.25) is 5.15 Å². The van der Waals surface area contributed by atoms with Crippen LogP contribution in [0.1, 0.15) is 12.8 Å². The van der Waals surface area contributed by atoms with Crippen molar-refractivity contribution in [3.63, 3.8) is 0 Å². The normalized spacial score (nSPS) is 15.4. The molecule has 7 nitrogen and oxygen atoms in total. The Morgan fingerprint density at radius 1 is 1.16 bits per heavy atom. The molecule has 0 unspecified atom stereocenters. The number of benzene rings is 1. The summed E-state index contributed by atoms with van der Waals surface area (Å²) in [7, 11) is -3.64. The van der Waals surface area contributed by atoms with Crippen molar-refractivity contribution in [1.82, 2.24) is 19.6 Å². The summed E-state index contributed by atoms with van der Waals surface area (Å²) in [4.78, 5) is 10.5. The molecule has 134 valence electrons. The van der Waals surface area contributed by atoms with Crippen LogP contribution in [0, 0.1) is 0 Å². The van der Waals surface area contributed by atoms with Gasteiger partial charge in [-0.25, -0.2) is 23.1 Å². The first-order valence-electron chi connectivity index (χ1n) is 8.11. The molecule has 0 atom stereocenters. The van der Waals surface area contributed by atoms with Gasteiger partial charge in [-0.2, -0.15) is 0 Å². The average molecular weight is 382 g/mol. The topological polar surface area (TPSA) is 87.2 Å². The molecule has 0 radical (unpaired) electrons. The van der Waals surface area contributed by atoms with Gasteiger partial charge in [-0.3, -0.25) is 0 Å². The smallest absolute Gasteiger partial charge is 0.242 e. The molecule has 2 N–H and O–H groups in total. The summed E-state index contributed by atoms with van der Waals surface area (Å²) in [6.07, 6.45) is 3.86. The van der Waals surface area contributed by atoms with Crippen molar-refractivity contribution < 1.29 is 8.42 Å². The zero-order valence-electron chi connectivity index (χ0n) is 13.7. The molecule has 1 fully saturated rings. The average Bonchev–Trinajstić information content (AvgIpc) is 3.08. The molecule has 1 aliphatic rings. The molecule has 2 aromatic rings. The zero-order chi connectivity index (χ0) is 17.7. The maximum atomic E-state index is 12.6. The highest BCUT2D eigenvalue weighted by atomic mass is 35.5. The molecule has 1 aromatic carbocycles. The molecule has 25 heavy (non-hydrogen) atoms. The van der Waals surface area contributed by atoms with E-state index in [4.69, 9.17) is 11.6 Å². The van der Waals surface area contributed by atoms with Gasteiger partial charge in [0.25, 0.3) is 0 Å². The molecule has 0 bridgehead atoms. The van der Waals surface area contributed by atoms with Gasteiger partial charge in [0.2, 0.25) is 16.0 Å². The van der Waals surface area contributed by atoms with E-state index >= 15 is 0 Å². The fourth-order valence-corrected chi connectivity index (χ4v) is 4.06. The van der Waals surface area contributed by atoms with Crippen LogP contribution in [0.15, 0.2) is 41.4 Å². The summed E-state index contributed by atoms with van der Waals surface area (Å²) in [5.41, 5.74) is 0.401. The van der Waals surface area contributed by atoms with E-state index < -0.39 is 10.0 Å². The second-order valence-corrected chi connectivity index (χ2v) is 7.89. The molecule has 0 spiro atoms. The number of aromatic nitrogens is 2. The lowest BCUT2D eigenvalue weighted by atomic mass is 10.3. The summed E-state index contributed by atoms with van der Waals surface area (Å²) in [6, 6.07) is 8.19. The highest BCUT2D eigenvalue weighted by Gasteiger charge is 2.19. The summed E-state index contributed by atoms with van der Waals surface area (Å²) in [5, 5.41) is 3.19. The van der Waals surface area contributed by atoms with E-state index in [0.29, 0.717) is 18.8 Å². The van der Waals surface area contributed by atoms with Crippen LogP contribution in [0.25, 0.3) is 0 Å². The minimum absolute atomic E-state index is 0.153. The Kier molecular flexibility index (Phi) is 5.85. The molecule has 9 heteroatoms. The molecule has 0 aliphatic carbocycles. The number of hydrogen-bond donors (Lipinski definition) is 2. The summed E-state index contributed by atoms with van der Waals surface area (Å²) < 4.78 is 28.0. The van der Waals surface area contributed by atoms with Crippen molar-refractivity contribution in [3.05, 3.63) is 41.7 Å². The molecule has 2 heterocycles. The van der Waals surface area contributed by atoms with Gasteiger partial charge in [0.05, 0.1) is 5.69 Å². The standard InChI is InChI=1S/C16H20ClN5O2S/c17-15-7-8-18-16(21-15)20-13-5-1-2-6-14(13)25(23,24)19-9-12-22-10-3-4-11-22/h1-2,5-8,19H,3-4,9-12H2,(H,18,20,21). The quantitative estimate of drug-likeness (QED) is 0.715. The zero-order valence-corrected chi connectivity index (χ0v) is 15.2. The van der Waals surface area contributed by atoms with Gasteiger partial charge in [-0.15, -0.1) is 0 Å². The van der Waals surface area contributed by atoms with Gasteiger partial charge in [0.15, 0.2) is 0 Å². The SMILES string of the molecule is O=S(=O)(NCCN1CCCC1)c1ccccc1Nc1nccc(Cl)n1. The molecular weight excluding hydrogens is 362 g/mol. The van der Waals surface area contributed by atoms with E-state index in [1.165, 1.54) is 19.0 Å². The number of nitrogens with one attached hydrogen (secondary N) is 2. The number of likely N-dealkylation sites (tertiary alicyclic amines) is 1. The number of halogens is 1. The number of rotatable bonds is 7. The molecule has 3 rings (SSSR count). The van der Waals surface area contributed by atoms with Crippen LogP contribution in [-0.2, 0) is 10.0 Å². The number of anilines is 2. The van der Waals surface area contributed by atoms with Crippen molar-refractivity contribution >= 4 is 33.3 Å². The molecule has 0 saturated carbocycles. The van der Waals surface area contributed by atoms with Gasteiger partial charge in [-0.1, -0.05) is 23.7 Å². The summed E-state index contributed by atoms with van der Waals surface area (Å²) in [5.74, 6) is 0.243. The van der Waals surface area contributed by atoms with Crippen LogP contribution in [-0.4, -0.2) is 49.5 Å². The van der Waals surface area contributed by atoms with E-state index in [-0.39, 0.29) is 16.0 Å². The number of sulfonamides is 1. The Hall–Kier alpha value is -1.74. The number of hydrogen-bond acceptors (Lipinski definition) is 6. The monoisotopic (exact) mass is 381 g/mol. The van der Waals surface area contributed by atoms with E-state index in [0.717, 1.165) is 13.1 Å². The molecule has 0 amide bonds. The van der Waals surface area contributed by atoms with E-state index in [2.05, 4.69) is 24.9 Å². The molecular formula is C16H20ClN5O2S. The Morgan fingerprint density at radius 3 is 2.68 bits per heavy atom. The molecule has 1 saturated heterocycles. The Bertz CT molecular complexity index is 825. The molecule has 1 aromatic heterocycles. The van der Waals surface area contributed by atoms with Gasteiger partial charge in [0, 0.05) is 19.3 Å². The fourth-order valence-electron chi connectivity index (χ4n) is 2.74. The highest BCUT2D eigenvalue weighted by molar-refractivity contribution is 7.89. The minimum Gasteiger partial charge on any atom is -0.323 e. The maximum Gasteiger partial charge on any atom is 0.242 e. The van der Waals surface area contributed by atoms with Crippen LogP contribution in [0.5, 0.6) is 0 Å². The first-order valence-corrected chi connectivity index (χ1v) is 9.97. The lowest BCUT2D eigenvalue weighted by Gasteiger charge is -2.16. The van der Waals surface area contributed by atoms with Crippen LogP contribution in [0.3, 0.4) is 0 Å². The van der Waals surface area contributed by atoms with E-state index in [1.54, 1.807) is 30.3 Å². The lowest BCUT2D eigenvalue weighted by molar-refractivity contribution is 0.344. The van der Waals surface area contributed by atoms with Crippen molar-refractivity contribution in [1.29, 1.82) is 0 Å². The second-order valence-electron chi connectivity index (χ2n) is 5.77. The van der Waals surface area contributed by atoms with E-state index in [9.17, 15) is 8.42 Å². The second kappa shape index (κ2) is 8.09.